The lowest BCUT2D eigenvalue weighted by Gasteiger charge is -2.17. The van der Waals surface area contributed by atoms with Crippen molar-refractivity contribution in [1.82, 2.24) is 0 Å². The average Bonchev–Trinajstić information content (AvgIpc) is 3.69. The van der Waals surface area contributed by atoms with E-state index in [9.17, 15) is 5.48 Å². The fraction of sp³-hybridized carbons (Fsp3) is 0. The van der Waals surface area contributed by atoms with Crippen molar-refractivity contribution in [3.8, 4) is 22.3 Å². The molecule has 0 radical (unpaired) electrons. The summed E-state index contributed by atoms with van der Waals surface area (Å²) >= 11 is 0. The van der Waals surface area contributed by atoms with E-state index in [4.69, 9.17) is 14.0 Å². The molecule has 12 aromatic rings. The Morgan fingerprint density at radius 2 is 1.00 bits per heavy atom. The fourth-order valence-corrected chi connectivity index (χ4v) is 8.33. The first-order valence-electron chi connectivity index (χ1n) is 22.3. The molecule has 0 bridgehead atoms. The van der Waals surface area contributed by atoms with Crippen molar-refractivity contribution >= 4 is 97.3 Å². The van der Waals surface area contributed by atoms with E-state index >= 15 is 0 Å². The van der Waals surface area contributed by atoms with Crippen molar-refractivity contribution in [2.75, 3.05) is 0 Å². The minimum absolute atomic E-state index is 0.0582. The molecule has 0 aliphatic carbocycles. The first kappa shape index (κ1) is 18.9. The van der Waals surface area contributed by atoms with Gasteiger partial charge in [0.15, 0.2) is 0 Å². The Labute approximate surface area is 308 Å². The molecule has 0 saturated carbocycles. The third kappa shape index (κ3) is 3.65. The topological polar surface area (TPSA) is 13.1 Å². The molecule has 0 aliphatic heterocycles. The Morgan fingerprint density at radius 1 is 0.333 bits per heavy atom. The van der Waals surface area contributed by atoms with E-state index in [-0.39, 0.29) is 37.9 Å². The monoisotopic (exact) mass is 655 g/mol. The highest BCUT2D eigenvalue weighted by Crippen LogP contribution is 2.49. The summed E-state index contributed by atoms with van der Waals surface area (Å²) in [6.07, 6.45) is 0. The van der Waals surface area contributed by atoms with Gasteiger partial charge < -0.3 is 4.42 Å². The van der Waals surface area contributed by atoms with Gasteiger partial charge in [-0.25, -0.2) is 0 Å². The SMILES string of the molecule is [2H]c1c([2H])c([2H])c2c([2H])c3c(c([2H])c([2H])c4c([2H])c([2H])c([2H])c([2H])c43)c(-c3ccc(-c4ccc5ccc6cccc7ccc4c5c67)c4c3oc3c5ccccc5ccc34)c2c1[2H]. The quantitative estimate of drug-likeness (QED) is 0.133. The van der Waals surface area contributed by atoms with Crippen molar-refractivity contribution in [3.63, 3.8) is 0 Å². The van der Waals surface area contributed by atoms with E-state index in [1.807, 2.05) is 42.5 Å². The molecule has 11 aromatic carbocycles. The molecule has 0 aliphatic rings. The molecular weight excluding hydrogens is 617 g/mol. The van der Waals surface area contributed by atoms with Crippen LogP contribution < -0.4 is 0 Å². The van der Waals surface area contributed by atoms with Gasteiger partial charge in [0.2, 0.25) is 0 Å². The van der Waals surface area contributed by atoms with E-state index in [1.165, 1.54) is 0 Å². The Kier molecular flexibility index (Phi) is 3.68. The summed E-state index contributed by atoms with van der Waals surface area (Å²) in [4.78, 5) is 0. The molecule has 1 nitrogen and oxygen atoms in total. The summed E-state index contributed by atoms with van der Waals surface area (Å²) in [5, 5.41) is 9.02. The second kappa shape index (κ2) is 9.94. The standard InChI is InChI=1S/C50H28O/c1-4-13-35-29(8-1)18-23-41-44(35)28-34-10-3-5-14-36(34)47(41)42-27-26-40(48-43-25-19-30-9-2-6-15-37(30)49(43)51-50(42)48)38-22-20-33-17-16-31-11-7-12-32-21-24-39(38)46(33)45(31)32/h1-28H/i1D,3D,4D,5D,8D,10D,13D,14D,18D,23D,28D. The van der Waals surface area contributed by atoms with Crippen LogP contribution >= 0.6 is 0 Å². The maximum absolute atomic E-state index is 9.62. The lowest BCUT2D eigenvalue weighted by atomic mass is 9.86. The maximum atomic E-state index is 9.62. The summed E-state index contributed by atoms with van der Waals surface area (Å²) in [5.41, 5.74) is 3.10. The van der Waals surface area contributed by atoms with E-state index < -0.39 is 66.5 Å². The van der Waals surface area contributed by atoms with Gasteiger partial charge in [0.05, 0.1) is 15.1 Å². The zero-order valence-electron chi connectivity index (χ0n) is 37.7. The summed E-state index contributed by atoms with van der Waals surface area (Å²) in [5.74, 6) is 0. The first-order valence-corrected chi connectivity index (χ1v) is 16.8. The van der Waals surface area contributed by atoms with Crippen molar-refractivity contribution in [2.24, 2.45) is 0 Å². The van der Waals surface area contributed by atoms with Crippen LogP contribution in [-0.2, 0) is 0 Å². The molecule has 1 heterocycles. The Balaban J connectivity index is 1.33. The van der Waals surface area contributed by atoms with Crippen LogP contribution in [0.2, 0.25) is 0 Å². The number of rotatable bonds is 2. The van der Waals surface area contributed by atoms with Gasteiger partial charge in [-0.15, -0.1) is 0 Å². The molecule has 234 valence electrons. The van der Waals surface area contributed by atoms with Gasteiger partial charge in [-0.05, 0) is 99.3 Å². The smallest absolute Gasteiger partial charge is 0.143 e. The normalized spacial score (nSPS) is 15.3. The number of fused-ring (bicyclic) bond motifs is 9. The molecular formula is C50H28O. The molecule has 1 heteroatoms. The molecule has 0 saturated heterocycles. The zero-order chi connectivity index (χ0) is 42.8. The van der Waals surface area contributed by atoms with Gasteiger partial charge in [0.25, 0.3) is 0 Å². The first-order chi connectivity index (χ1) is 29.9. The van der Waals surface area contributed by atoms with E-state index in [0.717, 1.165) is 59.6 Å². The van der Waals surface area contributed by atoms with Crippen LogP contribution in [0.3, 0.4) is 0 Å². The number of hydrogen-bond donors (Lipinski definition) is 0. The zero-order valence-corrected chi connectivity index (χ0v) is 26.7. The molecule has 0 unspecified atom stereocenters. The van der Waals surface area contributed by atoms with Crippen LogP contribution in [0.5, 0.6) is 0 Å². The van der Waals surface area contributed by atoms with Gasteiger partial charge in [0, 0.05) is 27.3 Å². The summed E-state index contributed by atoms with van der Waals surface area (Å²) in [6.45, 7) is 0. The average molecular weight is 656 g/mol. The fourth-order valence-electron chi connectivity index (χ4n) is 8.33. The highest BCUT2D eigenvalue weighted by Gasteiger charge is 2.23. The van der Waals surface area contributed by atoms with Gasteiger partial charge >= 0.3 is 0 Å². The second-order valence-electron chi connectivity index (χ2n) is 13.1. The molecule has 12 rings (SSSR count). The Morgan fingerprint density at radius 3 is 1.90 bits per heavy atom. The van der Waals surface area contributed by atoms with Crippen LogP contribution in [0.25, 0.3) is 120 Å². The summed E-state index contributed by atoms with van der Waals surface area (Å²) in [7, 11) is 0. The van der Waals surface area contributed by atoms with Gasteiger partial charge in [-0.3, -0.25) is 0 Å². The molecule has 0 fully saturated rings. The Bertz CT molecular complexity index is 4040. The molecule has 1 aromatic heterocycles. The molecule has 0 atom stereocenters. The van der Waals surface area contributed by atoms with Crippen LogP contribution in [-0.4, -0.2) is 0 Å². The van der Waals surface area contributed by atoms with Crippen LogP contribution in [0.1, 0.15) is 15.1 Å². The van der Waals surface area contributed by atoms with Crippen LogP contribution in [0.15, 0.2) is 174 Å². The molecule has 51 heavy (non-hydrogen) atoms. The third-order valence-corrected chi connectivity index (χ3v) is 10.5. The summed E-state index contributed by atoms with van der Waals surface area (Å²) in [6, 6.07) is 28.8. The highest BCUT2D eigenvalue weighted by molar-refractivity contribution is 6.30. The Hall–Kier alpha value is -6.70. The van der Waals surface area contributed by atoms with Crippen molar-refractivity contribution in [1.29, 1.82) is 0 Å². The maximum Gasteiger partial charge on any atom is 0.143 e. The number of benzene rings is 11. The third-order valence-electron chi connectivity index (χ3n) is 10.5. The second-order valence-corrected chi connectivity index (χ2v) is 13.1. The predicted molar refractivity (Wildman–Crippen MR) is 218 cm³/mol. The minimum atomic E-state index is -0.596. The van der Waals surface area contributed by atoms with Crippen LogP contribution in [0.4, 0.5) is 0 Å². The van der Waals surface area contributed by atoms with Gasteiger partial charge in [0.1, 0.15) is 11.2 Å². The highest BCUT2D eigenvalue weighted by atomic mass is 16.3. The lowest BCUT2D eigenvalue weighted by Crippen LogP contribution is -1.90. The molecule has 0 spiro atoms. The number of hydrogen-bond acceptors (Lipinski definition) is 1. The predicted octanol–water partition coefficient (Wildman–Crippen LogP) is 14.4. The lowest BCUT2D eigenvalue weighted by molar-refractivity contribution is 0.674. The van der Waals surface area contributed by atoms with Crippen molar-refractivity contribution in [3.05, 3.63) is 170 Å². The van der Waals surface area contributed by atoms with E-state index in [2.05, 4.69) is 54.6 Å². The molecule has 0 amide bonds. The summed E-state index contributed by atoms with van der Waals surface area (Å²) < 4.78 is 107. The van der Waals surface area contributed by atoms with Crippen LogP contribution in [0, 0.1) is 0 Å². The number of furan rings is 1. The van der Waals surface area contributed by atoms with Gasteiger partial charge in [-0.2, -0.15) is 0 Å². The van der Waals surface area contributed by atoms with E-state index in [0.29, 0.717) is 22.1 Å². The van der Waals surface area contributed by atoms with E-state index in [1.54, 1.807) is 6.07 Å². The largest absolute Gasteiger partial charge is 0.455 e. The minimum Gasteiger partial charge on any atom is -0.455 e. The van der Waals surface area contributed by atoms with Gasteiger partial charge in [-0.1, -0.05) is 151 Å². The molecule has 0 N–H and O–H groups in total. The van der Waals surface area contributed by atoms with Crippen molar-refractivity contribution < 1.29 is 19.5 Å². The van der Waals surface area contributed by atoms with Crippen molar-refractivity contribution in [2.45, 2.75) is 0 Å².